The van der Waals surface area contributed by atoms with Crippen molar-refractivity contribution in [1.82, 2.24) is 0 Å². The fourth-order valence-corrected chi connectivity index (χ4v) is 4.16. The van der Waals surface area contributed by atoms with E-state index in [1.807, 2.05) is 0 Å². The van der Waals surface area contributed by atoms with Crippen molar-refractivity contribution >= 4 is 0 Å². The maximum Gasteiger partial charge on any atom is -0.0162 e. The molecule has 1 aromatic carbocycles. The highest BCUT2D eigenvalue weighted by molar-refractivity contribution is 5.20. The predicted octanol–water partition coefficient (Wildman–Crippen LogP) is 6.34. The fourth-order valence-electron chi connectivity index (χ4n) is 4.16. The second-order valence-corrected chi connectivity index (χ2v) is 7.43. The molecule has 0 unspecified atom stereocenters. The number of allylic oxidation sites excluding steroid dienone is 2. The van der Waals surface area contributed by atoms with Crippen LogP contribution in [0.4, 0.5) is 0 Å². The van der Waals surface area contributed by atoms with E-state index in [-0.39, 0.29) is 0 Å². The van der Waals surface area contributed by atoms with Crippen molar-refractivity contribution < 1.29 is 0 Å². The molecule has 2 saturated carbocycles. The van der Waals surface area contributed by atoms with E-state index in [2.05, 4.69) is 49.4 Å². The molecular weight excluding hydrogens is 252 g/mol. The van der Waals surface area contributed by atoms with Gasteiger partial charge in [-0.15, -0.1) is 0 Å². The van der Waals surface area contributed by atoms with Crippen molar-refractivity contribution in [3.63, 3.8) is 0 Å². The number of rotatable bonds is 3. The molecule has 3 rings (SSSR count). The maximum absolute atomic E-state index is 2.57. The van der Waals surface area contributed by atoms with Crippen LogP contribution in [0.2, 0.25) is 0 Å². The van der Waals surface area contributed by atoms with Gasteiger partial charge in [0.25, 0.3) is 0 Å². The first-order valence-corrected chi connectivity index (χ1v) is 9.04. The van der Waals surface area contributed by atoms with Gasteiger partial charge < -0.3 is 0 Å². The first-order chi connectivity index (χ1) is 10.3. The van der Waals surface area contributed by atoms with E-state index in [1.54, 1.807) is 5.56 Å². The van der Waals surface area contributed by atoms with Gasteiger partial charge in [0.05, 0.1) is 0 Å². The van der Waals surface area contributed by atoms with Gasteiger partial charge in [0.2, 0.25) is 0 Å². The predicted molar refractivity (Wildman–Crippen MR) is 91.4 cm³/mol. The van der Waals surface area contributed by atoms with Crippen LogP contribution in [0.1, 0.15) is 69.8 Å². The van der Waals surface area contributed by atoms with Crippen LogP contribution in [0, 0.1) is 17.8 Å². The van der Waals surface area contributed by atoms with Crippen LogP contribution in [-0.2, 0) is 0 Å². The highest BCUT2D eigenvalue weighted by Gasteiger charge is 2.21. The molecule has 0 radical (unpaired) electrons. The Morgan fingerprint density at radius 1 is 0.714 bits per heavy atom. The molecule has 1 aromatic rings. The minimum absolute atomic E-state index is 0.811. The van der Waals surface area contributed by atoms with E-state index in [0.717, 1.165) is 23.7 Å². The van der Waals surface area contributed by atoms with Crippen LogP contribution < -0.4 is 0 Å². The van der Waals surface area contributed by atoms with Gasteiger partial charge in [-0.3, -0.25) is 0 Å². The van der Waals surface area contributed by atoms with Gasteiger partial charge in [-0.05, 0) is 67.8 Å². The van der Waals surface area contributed by atoms with Crippen LogP contribution in [0.15, 0.2) is 42.5 Å². The van der Waals surface area contributed by atoms with Crippen molar-refractivity contribution in [2.75, 3.05) is 0 Å². The van der Waals surface area contributed by atoms with Gasteiger partial charge in [0.15, 0.2) is 0 Å². The van der Waals surface area contributed by atoms with Crippen molar-refractivity contribution in [3.8, 4) is 0 Å². The molecule has 0 nitrogen and oxygen atoms in total. The smallest absolute Gasteiger partial charge is 0.0162 e. The van der Waals surface area contributed by atoms with Crippen LogP contribution in [0.3, 0.4) is 0 Å². The summed E-state index contributed by atoms with van der Waals surface area (Å²) in [6.07, 6.45) is 16.4. The molecule has 0 heterocycles. The average molecular weight is 282 g/mol. The Kier molecular flexibility index (Phi) is 5.17. The zero-order valence-corrected chi connectivity index (χ0v) is 13.5. The summed E-state index contributed by atoms with van der Waals surface area (Å²) in [6, 6.07) is 11.1. The van der Waals surface area contributed by atoms with E-state index >= 15 is 0 Å². The summed E-state index contributed by atoms with van der Waals surface area (Å²) in [7, 11) is 0. The lowest BCUT2D eigenvalue weighted by Crippen LogP contribution is -2.13. The van der Waals surface area contributed by atoms with Crippen molar-refractivity contribution in [2.24, 2.45) is 17.8 Å². The van der Waals surface area contributed by atoms with Crippen LogP contribution in [-0.4, -0.2) is 0 Å². The van der Waals surface area contributed by atoms with Gasteiger partial charge >= 0.3 is 0 Å². The molecule has 0 amide bonds. The third-order valence-corrected chi connectivity index (χ3v) is 5.76. The van der Waals surface area contributed by atoms with Crippen LogP contribution >= 0.6 is 0 Å². The van der Waals surface area contributed by atoms with Crippen molar-refractivity contribution in [2.45, 2.75) is 64.2 Å². The lowest BCUT2D eigenvalue weighted by atomic mass is 9.77. The Bertz CT molecular complexity index is 428. The third kappa shape index (κ3) is 4.22. The van der Waals surface area contributed by atoms with E-state index in [9.17, 15) is 0 Å². The highest BCUT2D eigenvalue weighted by atomic mass is 14.3. The molecule has 0 atom stereocenters. The molecule has 0 aromatic heterocycles. The molecule has 0 spiro atoms. The molecule has 0 bridgehead atoms. The summed E-state index contributed by atoms with van der Waals surface area (Å²) in [5, 5.41) is 0. The fraction of sp³-hybridized carbons (Fsp3) is 0.619. The van der Waals surface area contributed by atoms with Crippen molar-refractivity contribution in [1.29, 1.82) is 0 Å². The highest BCUT2D eigenvalue weighted by Crippen LogP contribution is 2.37. The molecule has 2 fully saturated rings. The van der Waals surface area contributed by atoms with Crippen molar-refractivity contribution in [3.05, 3.63) is 48.0 Å². The Morgan fingerprint density at radius 3 is 1.81 bits per heavy atom. The molecule has 0 heteroatoms. The quantitative estimate of drug-likeness (QED) is 0.567. The van der Waals surface area contributed by atoms with Crippen LogP contribution in [0.5, 0.6) is 0 Å². The number of hydrogen-bond donors (Lipinski definition) is 0. The average Bonchev–Trinajstić information content (AvgIpc) is 2.56. The molecule has 0 aliphatic heterocycles. The molecule has 2 aliphatic carbocycles. The summed E-state index contributed by atoms with van der Waals surface area (Å²) >= 11 is 0. The zero-order valence-electron chi connectivity index (χ0n) is 13.5. The van der Waals surface area contributed by atoms with E-state index in [1.165, 1.54) is 51.4 Å². The Hall–Kier alpha value is -1.04. The summed E-state index contributed by atoms with van der Waals surface area (Å²) in [4.78, 5) is 0. The molecule has 0 saturated heterocycles. The zero-order chi connectivity index (χ0) is 14.5. The Morgan fingerprint density at radius 2 is 1.24 bits per heavy atom. The van der Waals surface area contributed by atoms with E-state index in [0.29, 0.717) is 0 Å². The molecule has 21 heavy (non-hydrogen) atoms. The number of hydrogen-bond acceptors (Lipinski definition) is 0. The SMILES string of the molecule is CC1CCC(/C=C/C2CCC(c3ccccc3)CC2)CC1. The lowest BCUT2D eigenvalue weighted by molar-refractivity contribution is 0.327. The molecular formula is C21H30. The standard InChI is InChI=1S/C21H30/c1-17-7-9-18(10-8-17)11-12-19-13-15-21(16-14-19)20-5-3-2-4-6-20/h2-6,11-12,17-19,21H,7-10,13-16H2,1H3/b12-11+. The first-order valence-electron chi connectivity index (χ1n) is 9.04. The summed E-state index contributed by atoms with van der Waals surface area (Å²) in [5.74, 6) is 3.51. The first kappa shape index (κ1) is 14.9. The summed E-state index contributed by atoms with van der Waals surface area (Å²) in [6.45, 7) is 2.41. The van der Waals surface area contributed by atoms with Gasteiger partial charge in [0.1, 0.15) is 0 Å². The lowest BCUT2D eigenvalue weighted by Gasteiger charge is -2.28. The molecule has 2 aliphatic rings. The van der Waals surface area contributed by atoms with Gasteiger partial charge in [-0.1, -0.05) is 62.2 Å². The topological polar surface area (TPSA) is 0 Å². The summed E-state index contributed by atoms with van der Waals surface area (Å²) < 4.78 is 0. The second kappa shape index (κ2) is 7.29. The van der Waals surface area contributed by atoms with E-state index in [4.69, 9.17) is 0 Å². The van der Waals surface area contributed by atoms with Crippen LogP contribution in [0.25, 0.3) is 0 Å². The second-order valence-electron chi connectivity index (χ2n) is 7.43. The molecule has 0 N–H and O–H groups in total. The van der Waals surface area contributed by atoms with E-state index < -0.39 is 0 Å². The monoisotopic (exact) mass is 282 g/mol. The molecule has 114 valence electrons. The minimum Gasteiger partial charge on any atom is -0.0851 e. The normalized spacial score (nSPS) is 34.1. The van der Waals surface area contributed by atoms with Gasteiger partial charge in [-0.2, -0.15) is 0 Å². The third-order valence-electron chi connectivity index (χ3n) is 5.76. The Labute approximate surface area is 130 Å². The maximum atomic E-state index is 2.57. The minimum atomic E-state index is 0.811. The largest absolute Gasteiger partial charge is 0.0851 e. The van der Waals surface area contributed by atoms with Gasteiger partial charge in [-0.25, -0.2) is 0 Å². The summed E-state index contributed by atoms with van der Waals surface area (Å²) in [5.41, 5.74) is 1.56. The Balaban J connectivity index is 1.45. The van der Waals surface area contributed by atoms with Gasteiger partial charge in [0, 0.05) is 0 Å². The number of benzene rings is 1.